The van der Waals surface area contributed by atoms with Crippen LogP contribution in [-0.4, -0.2) is 74.5 Å². The zero-order valence-electron chi connectivity index (χ0n) is 21.0. The lowest BCUT2D eigenvalue weighted by Gasteiger charge is -2.08. The highest BCUT2D eigenvalue weighted by molar-refractivity contribution is 5.94. The predicted octanol–water partition coefficient (Wildman–Crippen LogP) is 1.75. The van der Waals surface area contributed by atoms with Gasteiger partial charge in [-0.05, 0) is 62.4 Å². The maximum Gasteiger partial charge on any atom is 0.320 e. The van der Waals surface area contributed by atoms with Crippen LogP contribution < -0.4 is 27.0 Å². The Labute approximate surface area is 216 Å². The summed E-state index contributed by atoms with van der Waals surface area (Å²) in [5.74, 6) is 0.0155. The van der Waals surface area contributed by atoms with Gasteiger partial charge in [-0.3, -0.25) is 10.1 Å². The van der Waals surface area contributed by atoms with Crippen molar-refractivity contribution >= 4 is 29.1 Å². The van der Waals surface area contributed by atoms with E-state index in [2.05, 4.69) is 26.3 Å². The summed E-state index contributed by atoms with van der Waals surface area (Å²) in [6.07, 6.45) is 0. The standard InChI is InChI=1S/C13H19N3O4.C11H17N3O3/c1-2-19-7-12(14)16-13(18)8-20-9-15-10-3-5-11(17)6-4-10;1-2-17-8-12-7-13-11(16)14-9-3-5-10(15)6-4-9/h3-6,15,17H,2,7-9H2,1H3,(H2,14,16,18);3-6,12,15H,2,7-8H2,1H3,(H2,13,14,16). The number of hydrogen-bond donors (Lipinski definition) is 7. The fourth-order valence-electron chi connectivity index (χ4n) is 2.37. The number of rotatable bonds is 14. The molecule has 2 rings (SSSR count). The molecule has 37 heavy (non-hydrogen) atoms. The van der Waals surface area contributed by atoms with Gasteiger partial charge < -0.3 is 46.1 Å². The summed E-state index contributed by atoms with van der Waals surface area (Å²) >= 11 is 0. The van der Waals surface area contributed by atoms with E-state index in [1.807, 2.05) is 13.8 Å². The molecule has 13 nitrogen and oxygen atoms in total. The number of amidine groups is 1. The van der Waals surface area contributed by atoms with Crippen molar-refractivity contribution in [2.24, 2.45) is 10.7 Å². The minimum absolute atomic E-state index is 0.131. The summed E-state index contributed by atoms with van der Waals surface area (Å²) in [4.78, 5) is 26.3. The summed E-state index contributed by atoms with van der Waals surface area (Å²) in [7, 11) is 0. The highest BCUT2D eigenvalue weighted by Gasteiger charge is 2.02. The fourth-order valence-corrected chi connectivity index (χ4v) is 2.37. The smallest absolute Gasteiger partial charge is 0.320 e. The molecule has 0 fully saturated rings. The molecule has 0 radical (unpaired) electrons. The molecule has 0 heterocycles. The van der Waals surface area contributed by atoms with Crippen LogP contribution in [0.25, 0.3) is 0 Å². The molecule has 13 heteroatoms. The second kappa shape index (κ2) is 19.3. The molecule has 0 bridgehead atoms. The van der Waals surface area contributed by atoms with Gasteiger partial charge in [0.05, 0.1) is 13.4 Å². The van der Waals surface area contributed by atoms with E-state index in [0.717, 1.165) is 5.69 Å². The zero-order valence-corrected chi connectivity index (χ0v) is 21.0. The number of aromatic hydroxyl groups is 2. The first-order chi connectivity index (χ1) is 17.8. The molecule has 8 N–H and O–H groups in total. The number of nitrogens with two attached hydrogens (primary N) is 1. The zero-order chi connectivity index (χ0) is 27.3. The highest BCUT2D eigenvalue weighted by atomic mass is 16.5. The van der Waals surface area contributed by atoms with E-state index in [1.54, 1.807) is 36.4 Å². The molecule has 0 aromatic heterocycles. The second-order valence-electron chi connectivity index (χ2n) is 7.09. The number of benzene rings is 2. The first-order valence-corrected chi connectivity index (χ1v) is 11.5. The van der Waals surface area contributed by atoms with Crippen molar-refractivity contribution < 1.29 is 34.0 Å². The number of nitrogens with one attached hydrogen (secondary N) is 4. The topological polar surface area (TPSA) is 189 Å². The third-order valence-corrected chi connectivity index (χ3v) is 4.10. The van der Waals surface area contributed by atoms with E-state index in [0.29, 0.717) is 32.3 Å². The summed E-state index contributed by atoms with van der Waals surface area (Å²) in [6, 6.07) is 12.4. The minimum Gasteiger partial charge on any atom is -0.508 e. The van der Waals surface area contributed by atoms with Crippen LogP contribution in [0.1, 0.15) is 13.8 Å². The number of phenols is 2. The SMILES string of the molecule is CCOCC(N)=NC(=O)COCNc1ccc(O)cc1.CCOCNCNC(=O)Nc1ccc(O)cc1. The van der Waals surface area contributed by atoms with Crippen molar-refractivity contribution in [3.63, 3.8) is 0 Å². The Hall–Kier alpha value is -3.91. The van der Waals surface area contributed by atoms with Gasteiger partial charge in [-0.15, -0.1) is 0 Å². The molecule has 0 spiro atoms. The second-order valence-corrected chi connectivity index (χ2v) is 7.09. The maximum atomic E-state index is 11.4. The lowest BCUT2D eigenvalue weighted by Crippen LogP contribution is -2.37. The van der Waals surface area contributed by atoms with Crippen LogP contribution in [-0.2, 0) is 19.0 Å². The Kier molecular flexibility index (Phi) is 16.2. The van der Waals surface area contributed by atoms with Crippen LogP contribution in [0.3, 0.4) is 0 Å². The fraction of sp³-hybridized carbons (Fsp3) is 0.375. The predicted molar refractivity (Wildman–Crippen MR) is 140 cm³/mol. The number of phenolic OH excluding ortho intramolecular Hbond substituents is 2. The third kappa shape index (κ3) is 16.4. The molecule has 0 aliphatic rings. The van der Waals surface area contributed by atoms with E-state index in [4.69, 9.17) is 30.2 Å². The molecule has 0 saturated carbocycles. The number of carbonyl (C=O) groups excluding carboxylic acids is 2. The first-order valence-electron chi connectivity index (χ1n) is 11.5. The van der Waals surface area contributed by atoms with Gasteiger partial charge in [-0.2, -0.15) is 4.99 Å². The molecule has 0 aliphatic carbocycles. The number of nitrogens with zero attached hydrogens (tertiary/aromatic N) is 1. The molecule has 0 aliphatic heterocycles. The largest absolute Gasteiger partial charge is 0.508 e. The van der Waals surface area contributed by atoms with Gasteiger partial charge in [0.1, 0.15) is 37.3 Å². The van der Waals surface area contributed by atoms with E-state index >= 15 is 0 Å². The van der Waals surface area contributed by atoms with Gasteiger partial charge in [0.2, 0.25) is 0 Å². The van der Waals surface area contributed by atoms with Crippen LogP contribution >= 0.6 is 0 Å². The van der Waals surface area contributed by atoms with Crippen molar-refractivity contribution in [1.29, 1.82) is 0 Å². The van der Waals surface area contributed by atoms with Gasteiger partial charge in [0, 0.05) is 24.6 Å². The summed E-state index contributed by atoms with van der Waals surface area (Å²) < 4.78 is 15.2. The average molecular weight is 521 g/mol. The van der Waals surface area contributed by atoms with Gasteiger partial charge in [0.25, 0.3) is 5.91 Å². The Morgan fingerprint density at radius 3 is 2.03 bits per heavy atom. The molecule has 2 aromatic rings. The number of hydrogen-bond acceptors (Lipinski definition) is 9. The number of anilines is 2. The summed E-state index contributed by atoms with van der Waals surface area (Å²) in [6.45, 7) is 5.70. The van der Waals surface area contributed by atoms with Crippen LogP contribution in [0, 0.1) is 0 Å². The van der Waals surface area contributed by atoms with Crippen LogP contribution in [0.2, 0.25) is 0 Å². The molecular weight excluding hydrogens is 484 g/mol. The van der Waals surface area contributed by atoms with Crippen molar-refractivity contribution in [2.75, 3.05) is 57.2 Å². The van der Waals surface area contributed by atoms with Crippen molar-refractivity contribution in [1.82, 2.24) is 10.6 Å². The van der Waals surface area contributed by atoms with Gasteiger partial charge in [-0.25, -0.2) is 4.79 Å². The van der Waals surface area contributed by atoms with E-state index in [9.17, 15) is 9.59 Å². The van der Waals surface area contributed by atoms with Gasteiger partial charge in [0.15, 0.2) is 0 Å². The lowest BCUT2D eigenvalue weighted by molar-refractivity contribution is -0.122. The quantitative estimate of drug-likeness (QED) is 0.0635. The molecule has 0 atom stereocenters. The Balaban J connectivity index is 0.000000375. The number of ether oxygens (including phenoxy) is 3. The Morgan fingerprint density at radius 2 is 1.43 bits per heavy atom. The molecule has 0 saturated heterocycles. The normalized spacial score (nSPS) is 10.7. The Bertz CT molecular complexity index is 940. The monoisotopic (exact) mass is 520 g/mol. The summed E-state index contributed by atoms with van der Waals surface area (Å²) in [5.41, 5.74) is 6.87. The van der Waals surface area contributed by atoms with E-state index < -0.39 is 5.91 Å². The highest BCUT2D eigenvalue weighted by Crippen LogP contribution is 2.14. The lowest BCUT2D eigenvalue weighted by atomic mass is 10.3. The van der Waals surface area contributed by atoms with E-state index in [1.165, 1.54) is 12.1 Å². The van der Waals surface area contributed by atoms with Crippen molar-refractivity contribution in [2.45, 2.75) is 13.8 Å². The third-order valence-electron chi connectivity index (χ3n) is 4.10. The number of urea groups is 1. The van der Waals surface area contributed by atoms with Crippen LogP contribution in [0.4, 0.5) is 16.2 Å². The molecule has 2 aromatic carbocycles. The Morgan fingerprint density at radius 1 is 0.838 bits per heavy atom. The van der Waals surface area contributed by atoms with Crippen LogP contribution in [0.5, 0.6) is 11.5 Å². The van der Waals surface area contributed by atoms with Gasteiger partial charge >= 0.3 is 6.03 Å². The number of carbonyl (C=O) groups is 2. The molecule has 204 valence electrons. The van der Waals surface area contributed by atoms with Gasteiger partial charge in [-0.1, -0.05) is 0 Å². The number of amides is 3. The maximum absolute atomic E-state index is 11.4. The van der Waals surface area contributed by atoms with Crippen molar-refractivity contribution in [3.05, 3.63) is 48.5 Å². The summed E-state index contributed by atoms with van der Waals surface area (Å²) in [5, 5.41) is 29.2. The average Bonchev–Trinajstić information content (AvgIpc) is 2.88. The minimum atomic E-state index is -0.463. The first kappa shape index (κ1) is 31.1. The molecule has 0 unspecified atom stereocenters. The molecular formula is C24H36N6O7. The molecule has 3 amide bonds. The van der Waals surface area contributed by atoms with Crippen molar-refractivity contribution in [3.8, 4) is 11.5 Å². The van der Waals surface area contributed by atoms with Crippen LogP contribution in [0.15, 0.2) is 53.5 Å². The van der Waals surface area contributed by atoms with E-state index in [-0.39, 0.29) is 43.3 Å². The number of aliphatic imine (C=N–C) groups is 1.